The summed E-state index contributed by atoms with van der Waals surface area (Å²) in [6, 6.07) is 2.95. The molecule has 1 aromatic heterocycles. The summed E-state index contributed by atoms with van der Waals surface area (Å²) in [5, 5.41) is 24.7. The number of hydrogen-bond acceptors (Lipinski definition) is 6. The van der Waals surface area contributed by atoms with Crippen molar-refractivity contribution in [3.05, 3.63) is 0 Å². The van der Waals surface area contributed by atoms with Gasteiger partial charge in [0.2, 0.25) is 5.16 Å². The van der Waals surface area contributed by atoms with Crippen LogP contribution in [0.1, 0.15) is 32.6 Å². The summed E-state index contributed by atoms with van der Waals surface area (Å²) >= 11 is 1.63. The van der Waals surface area contributed by atoms with E-state index in [2.05, 4.69) is 26.9 Å². The number of hydrogen-bond donors (Lipinski definition) is 1. The van der Waals surface area contributed by atoms with Gasteiger partial charge >= 0.3 is 0 Å². The van der Waals surface area contributed by atoms with Crippen LogP contribution in [0.25, 0.3) is 0 Å². The molecule has 1 atom stereocenters. The Kier molecular flexibility index (Phi) is 4.19. The van der Waals surface area contributed by atoms with E-state index >= 15 is 0 Å². The van der Waals surface area contributed by atoms with Gasteiger partial charge in [0.05, 0.1) is 6.07 Å². The maximum absolute atomic E-state index is 9.23. The summed E-state index contributed by atoms with van der Waals surface area (Å²) in [4.78, 5) is 0. The van der Waals surface area contributed by atoms with Gasteiger partial charge in [0.1, 0.15) is 5.54 Å². The molecule has 98 valence electrons. The maximum Gasteiger partial charge on any atom is 0.209 e. The van der Waals surface area contributed by atoms with Crippen LogP contribution in [0.15, 0.2) is 5.16 Å². The molecule has 0 radical (unpaired) electrons. The van der Waals surface area contributed by atoms with E-state index in [0.717, 1.165) is 23.8 Å². The van der Waals surface area contributed by atoms with Gasteiger partial charge in [-0.1, -0.05) is 11.8 Å². The maximum atomic E-state index is 9.23. The van der Waals surface area contributed by atoms with Crippen LogP contribution in [0, 0.1) is 11.3 Å². The molecule has 1 heterocycles. The number of aromatic nitrogens is 4. The van der Waals surface area contributed by atoms with Crippen LogP contribution >= 0.6 is 11.8 Å². The zero-order valence-electron chi connectivity index (χ0n) is 10.8. The Labute approximate surface area is 111 Å². The molecule has 2 rings (SSSR count). The molecule has 1 fully saturated rings. The lowest BCUT2D eigenvalue weighted by Crippen LogP contribution is -2.42. The van der Waals surface area contributed by atoms with E-state index in [1.54, 1.807) is 16.4 Å². The van der Waals surface area contributed by atoms with Crippen LogP contribution in [-0.4, -0.2) is 37.5 Å². The van der Waals surface area contributed by atoms with Crippen molar-refractivity contribution in [1.29, 1.82) is 5.26 Å². The van der Waals surface area contributed by atoms with Crippen molar-refractivity contribution in [2.24, 2.45) is 7.05 Å². The molecule has 0 spiro atoms. The topological polar surface area (TPSA) is 79.4 Å². The van der Waals surface area contributed by atoms with Crippen LogP contribution in [0.5, 0.6) is 0 Å². The number of tetrazole rings is 1. The average Bonchev–Trinajstić information content (AvgIpc) is 3.07. The molecule has 1 N–H and O–H groups in total. The minimum Gasteiger partial charge on any atom is -0.297 e. The Bertz CT molecular complexity index is 435. The first kappa shape index (κ1) is 13.3. The molecule has 1 aliphatic rings. The van der Waals surface area contributed by atoms with Gasteiger partial charge < -0.3 is 0 Å². The van der Waals surface area contributed by atoms with Crippen LogP contribution in [0.4, 0.5) is 0 Å². The first-order chi connectivity index (χ1) is 8.63. The molecule has 0 bridgehead atoms. The van der Waals surface area contributed by atoms with E-state index in [4.69, 9.17) is 0 Å². The third-order valence-corrected chi connectivity index (χ3v) is 4.08. The molecule has 1 aromatic rings. The number of rotatable bonds is 7. The molecule has 1 unspecified atom stereocenters. The fraction of sp³-hybridized carbons (Fsp3) is 0.818. The normalized spacial score (nSPS) is 18.3. The number of nitrogens with one attached hydrogen (secondary N) is 1. The highest BCUT2D eigenvalue weighted by molar-refractivity contribution is 7.99. The van der Waals surface area contributed by atoms with E-state index in [1.807, 2.05) is 14.0 Å². The summed E-state index contributed by atoms with van der Waals surface area (Å²) < 4.78 is 1.66. The highest BCUT2D eigenvalue weighted by Gasteiger charge is 2.31. The van der Waals surface area contributed by atoms with Gasteiger partial charge in [0.25, 0.3) is 0 Å². The second-order valence-corrected chi connectivity index (χ2v) is 5.96. The minimum atomic E-state index is -0.389. The summed E-state index contributed by atoms with van der Waals surface area (Å²) in [7, 11) is 1.83. The molecule has 18 heavy (non-hydrogen) atoms. The fourth-order valence-electron chi connectivity index (χ4n) is 1.77. The monoisotopic (exact) mass is 266 g/mol. The minimum absolute atomic E-state index is 0.389. The van der Waals surface area contributed by atoms with E-state index in [9.17, 15) is 5.26 Å². The molecule has 6 nitrogen and oxygen atoms in total. The van der Waals surface area contributed by atoms with Crippen molar-refractivity contribution >= 4 is 11.8 Å². The molecule has 7 heteroatoms. The Hall–Kier alpha value is -1.13. The van der Waals surface area contributed by atoms with Crippen molar-refractivity contribution in [3.8, 4) is 6.07 Å². The van der Waals surface area contributed by atoms with Gasteiger partial charge in [-0.3, -0.25) is 5.32 Å². The smallest absolute Gasteiger partial charge is 0.209 e. The van der Waals surface area contributed by atoms with Gasteiger partial charge in [-0.05, 0) is 43.0 Å². The molecule has 0 saturated heterocycles. The Morgan fingerprint density at radius 2 is 2.39 bits per heavy atom. The predicted molar refractivity (Wildman–Crippen MR) is 68.9 cm³/mol. The molecule has 0 amide bonds. The number of nitrogens with zero attached hydrogens (tertiary/aromatic N) is 5. The lowest BCUT2D eigenvalue weighted by atomic mass is 9.98. The average molecular weight is 266 g/mol. The number of nitriles is 1. The van der Waals surface area contributed by atoms with Gasteiger partial charge in [-0.2, -0.15) is 5.26 Å². The Morgan fingerprint density at radius 1 is 1.61 bits per heavy atom. The number of aryl methyl sites for hydroxylation is 1. The van der Waals surface area contributed by atoms with E-state index in [1.165, 1.54) is 12.8 Å². The second-order valence-electron chi connectivity index (χ2n) is 4.90. The predicted octanol–water partition coefficient (Wildman–Crippen LogP) is 1.12. The number of thioether (sulfide) groups is 1. The molecule has 1 saturated carbocycles. The largest absolute Gasteiger partial charge is 0.297 e. The van der Waals surface area contributed by atoms with Crippen molar-refractivity contribution in [3.63, 3.8) is 0 Å². The molecule has 1 aliphatic carbocycles. The van der Waals surface area contributed by atoms with Gasteiger partial charge in [0.15, 0.2) is 0 Å². The summed E-state index contributed by atoms with van der Waals surface area (Å²) in [6.45, 7) is 1.99. The SMILES string of the molecule is Cn1nnnc1SCCCC(C)(C#N)NC1CC1. The van der Waals surface area contributed by atoms with Crippen LogP contribution in [0.3, 0.4) is 0 Å². The zero-order valence-corrected chi connectivity index (χ0v) is 11.6. The molecular weight excluding hydrogens is 248 g/mol. The Morgan fingerprint density at radius 3 is 2.94 bits per heavy atom. The van der Waals surface area contributed by atoms with Gasteiger partial charge in [-0.25, -0.2) is 4.68 Å². The van der Waals surface area contributed by atoms with E-state index in [-0.39, 0.29) is 5.54 Å². The zero-order chi connectivity index (χ0) is 13.0. The quantitative estimate of drug-likeness (QED) is 0.588. The van der Waals surface area contributed by atoms with Crippen LogP contribution in [0.2, 0.25) is 0 Å². The fourth-order valence-corrected chi connectivity index (χ4v) is 2.56. The summed E-state index contributed by atoms with van der Waals surface area (Å²) in [5.41, 5.74) is -0.389. The van der Waals surface area contributed by atoms with E-state index in [0.29, 0.717) is 6.04 Å². The lowest BCUT2D eigenvalue weighted by Gasteiger charge is -2.22. The van der Waals surface area contributed by atoms with Crippen LogP contribution in [-0.2, 0) is 7.05 Å². The van der Waals surface area contributed by atoms with Crippen molar-refractivity contribution in [2.45, 2.75) is 49.3 Å². The standard InChI is InChI=1S/C11H18N6S/c1-11(8-12,13-9-4-5-9)6-3-7-18-10-14-15-16-17(10)2/h9,13H,3-7H2,1-2H3. The third-order valence-electron chi connectivity index (χ3n) is 2.98. The van der Waals surface area contributed by atoms with Gasteiger partial charge in [0, 0.05) is 18.8 Å². The van der Waals surface area contributed by atoms with Crippen molar-refractivity contribution < 1.29 is 0 Å². The first-order valence-corrected chi connectivity index (χ1v) is 7.16. The Balaban J connectivity index is 1.70. The highest BCUT2D eigenvalue weighted by atomic mass is 32.2. The third kappa shape index (κ3) is 3.68. The molecular formula is C11H18N6S. The van der Waals surface area contributed by atoms with Gasteiger partial charge in [-0.15, -0.1) is 5.10 Å². The summed E-state index contributed by atoms with van der Waals surface area (Å²) in [5.74, 6) is 0.928. The first-order valence-electron chi connectivity index (χ1n) is 6.17. The molecule has 0 aromatic carbocycles. The van der Waals surface area contributed by atoms with E-state index < -0.39 is 0 Å². The highest BCUT2D eigenvalue weighted by Crippen LogP contribution is 2.25. The van der Waals surface area contributed by atoms with Crippen molar-refractivity contribution in [1.82, 2.24) is 25.5 Å². The lowest BCUT2D eigenvalue weighted by molar-refractivity contribution is 0.411. The molecule has 0 aliphatic heterocycles. The van der Waals surface area contributed by atoms with Crippen molar-refractivity contribution in [2.75, 3.05) is 5.75 Å². The summed E-state index contributed by atoms with van der Waals surface area (Å²) in [6.07, 6.45) is 4.24. The van der Waals surface area contributed by atoms with Crippen LogP contribution < -0.4 is 5.32 Å². The second kappa shape index (κ2) is 5.67.